The van der Waals surface area contributed by atoms with Crippen molar-refractivity contribution in [1.29, 1.82) is 0 Å². The number of carbonyl (C=O) groups is 1. The fourth-order valence-electron chi connectivity index (χ4n) is 3.79. The smallest absolute Gasteiger partial charge is 0.309 e. The van der Waals surface area contributed by atoms with Crippen molar-refractivity contribution in [2.24, 2.45) is 5.92 Å². The van der Waals surface area contributed by atoms with Crippen LogP contribution in [-0.4, -0.2) is 41.6 Å². The molecule has 3 aromatic rings. The topological polar surface area (TPSA) is 81.5 Å². The molecule has 2 heterocycles. The van der Waals surface area contributed by atoms with Crippen molar-refractivity contribution in [3.63, 3.8) is 0 Å². The molecule has 0 radical (unpaired) electrons. The highest BCUT2D eigenvalue weighted by atomic mass is 32.2. The Kier molecular flexibility index (Phi) is 6.43. The zero-order chi connectivity index (χ0) is 22.7. The van der Waals surface area contributed by atoms with Crippen molar-refractivity contribution in [2.75, 3.05) is 13.1 Å². The number of esters is 1. The molecule has 4 rings (SSSR count). The lowest BCUT2D eigenvalue weighted by Crippen LogP contribution is -2.40. The molecule has 1 fully saturated rings. The van der Waals surface area contributed by atoms with Gasteiger partial charge in [0, 0.05) is 25.5 Å². The van der Waals surface area contributed by atoms with Gasteiger partial charge in [0.05, 0.1) is 16.5 Å². The molecule has 1 aliphatic rings. The molecular formula is C24H27N3O4S. The highest BCUT2D eigenvalue weighted by Gasteiger charge is 2.32. The van der Waals surface area contributed by atoms with Crippen molar-refractivity contribution < 1.29 is 17.9 Å². The Morgan fingerprint density at radius 1 is 1.06 bits per heavy atom. The third kappa shape index (κ3) is 4.76. The van der Waals surface area contributed by atoms with E-state index in [-0.39, 0.29) is 18.5 Å². The van der Waals surface area contributed by atoms with Gasteiger partial charge in [-0.05, 0) is 73.7 Å². The number of hydrogen-bond acceptors (Lipinski definition) is 5. The predicted molar refractivity (Wildman–Crippen MR) is 121 cm³/mol. The van der Waals surface area contributed by atoms with Crippen molar-refractivity contribution in [1.82, 2.24) is 14.1 Å². The molecule has 1 aromatic heterocycles. The van der Waals surface area contributed by atoms with Crippen LogP contribution in [-0.2, 0) is 26.2 Å². The third-order valence-electron chi connectivity index (χ3n) is 5.99. The van der Waals surface area contributed by atoms with Gasteiger partial charge in [-0.15, -0.1) is 0 Å². The van der Waals surface area contributed by atoms with Crippen LogP contribution in [0.3, 0.4) is 0 Å². The van der Waals surface area contributed by atoms with Crippen LogP contribution in [0.2, 0.25) is 0 Å². The van der Waals surface area contributed by atoms with Gasteiger partial charge in [0.25, 0.3) is 0 Å². The quantitative estimate of drug-likeness (QED) is 0.533. The van der Waals surface area contributed by atoms with E-state index >= 15 is 0 Å². The number of carbonyl (C=O) groups excluding carboxylic acids is 1. The molecule has 0 bridgehead atoms. The number of piperidine rings is 1. The molecule has 32 heavy (non-hydrogen) atoms. The number of aryl methyl sites for hydroxylation is 2. The van der Waals surface area contributed by atoms with E-state index in [1.165, 1.54) is 4.31 Å². The van der Waals surface area contributed by atoms with E-state index in [1.54, 1.807) is 23.0 Å². The van der Waals surface area contributed by atoms with E-state index in [4.69, 9.17) is 4.74 Å². The van der Waals surface area contributed by atoms with Crippen LogP contribution in [0.1, 0.15) is 29.5 Å². The van der Waals surface area contributed by atoms with Gasteiger partial charge >= 0.3 is 5.97 Å². The van der Waals surface area contributed by atoms with Crippen LogP contribution in [0.15, 0.2) is 65.8 Å². The van der Waals surface area contributed by atoms with Gasteiger partial charge in [-0.1, -0.05) is 18.2 Å². The summed E-state index contributed by atoms with van der Waals surface area (Å²) in [7, 11) is -3.55. The van der Waals surface area contributed by atoms with E-state index in [1.807, 2.05) is 56.4 Å². The molecule has 0 spiro atoms. The van der Waals surface area contributed by atoms with Crippen molar-refractivity contribution in [2.45, 2.75) is 38.2 Å². The molecule has 2 aromatic carbocycles. The first kappa shape index (κ1) is 22.2. The van der Waals surface area contributed by atoms with Crippen LogP contribution in [0.25, 0.3) is 5.69 Å². The van der Waals surface area contributed by atoms with Gasteiger partial charge in [-0.3, -0.25) is 4.79 Å². The number of sulfonamides is 1. The third-order valence-corrected chi connectivity index (χ3v) is 7.88. The second-order valence-electron chi connectivity index (χ2n) is 8.15. The molecule has 168 valence electrons. The summed E-state index contributed by atoms with van der Waals surface area (Å²) in [5.41, 5.74) is 3.83. The van der Waals surface area contributed by atoms with E-state index in [0.717, 1.165) is 22.4 Å². The second kappa shape index (κ2) is 9.26. The van der Waals surface area contributed by atoms with Crippen LogP contribution < -0.4 is 0 Å². The minimum absolute atomic E-state index is 0.194. The summed E-state index contributed by atoms with van der Waals surface area (Å²) in [4.78, 5) is 12.8. The molecule has 7 nitrogen and oxygen atoms in total. The minimum atomic E-state index is -3.55. The standard InChI is InChI=1S/C24H27N3O4S/c1-18-4-9-23(16-19(18)2)32(29,30)26-14-10-21(11-15-26)24(28)31-17-20-5-7-22(8-6-20)27-13-3-12-25-27/h3-9,12-13,16,21H,10-11,14-15,17H2,1-2H3. The van der Waals surface area contributed by atoms with E-state index in [9.17, 15) is 13.2 Å². The van der Waals surface area contributed by atoms with Crippen LogP contribution in [0, 0.1) is 19.8 Å². The molecule has 0 unspecified atom stereocenters. The first-order chi connectivity index (χ1) is 15.3. The fourth-order valence-corrected chi connectivity index (χ4v) is 5.35. The Morgan fingerprint density at radius 3 is 2.41 bits per heavy atom. The molecule has 0 atom stereocenters. The summed E-state index contributed by atoms with van der Waals surface area (Å²) >= 11 is 0. The molecule has 8 heteroatoms. The summed E-state index contributed by atoms with van der Waals surface area (Å²) < 4.78 is 34.6. The maximum Gasteiger partial charge on any atom is 0.309 e. The second-order valence-corrected chi connectivity index (χ2v) is 10.1. The average molecular weight is 454 g/mol. The predicted octanol–water partition coefficient (Wildman–Crippen LogP) is 3.63. The van der Waals surface area contributed by atoms with Crippen molar-refractivity contribution in [3.05, 3.63) is 77.6 Å². The normalized spacial score (nSPS) is 15.6. The molecule has 1 aliphatic heterocycles. The maximum atomic E-state index is 13.0. The zero-order valence-electron chi connectivity index (χ0n) is 18.3. The Labute approximate surface area is 188 Å². The number of ether oxygens (including phenoxy) is 1. The minimum Gasteiger partial charge on any atom is -0.461 e. The number of nitrogens with zero attached hydrogens (tertiary/aromatic N) is 3. The number of benzene rings is 2. The highest BCUT2D eigenvalue weighted by Crippen LogP contribution is 2.26. The summed E-state index contributed by atoms with van der Waals surface area (Å²) in [6.07, 6.45) is 4.50. The van der Waals surface area contributed by atoms with E-state index in [2.05, 4.69) is 5.10 Å². The fraction of sp³-hybridized carbons (Fsp3) is 0.333. The Hall–Kier alpha value is -2.97. The Bertz CT molecular complexity index is 1180. The van der Waals surface area contributed by atoms with Gasteiger partial charge in [0.15, 0.2) is 0 Å². The molecule has 0 amide bonds. The van der Waals surface area contributed by atoms with Crippen molar-refractivity contribution in [3.8, 4) is 5.69 Å². The monoisotopic (exact) mass is 453 g/mol. The van der Waals surface area contributed by atoms with Crippen LogP contribution in [0.5, 0.6) is 0 Å². The summed E-state index contributed by atoms with van der Waals surface area (Å²) in [5, 5.41) is 4.19. The Balaban J connectivity index is 1.30. The number of aromatic nitrogens is 2. The maximum absolute atomic E-state index is 13.0. The van der Waals surface area contributed by atoms with Gasteiger partial charge in [-0.2, -0.15) is 9.40 Å². The van der Waals surface area contributed by atoms with Gasteiger partial charge in [-0.25, -0.2) is 13.1 Å². The number of hydrogen-bond donors (Lipinski definition) is 0. The molecule has 0 N–H and O–H groups in total. The average Bonchev–Trinajstić information content (AvgIpc) is 3.34. The summed E-state index contributed by atoms with van der Waals surface area (Å²) in [6.45, 7) is 4.68. The van der Waals surface area contributed by atoms with Gasteiger partial charge in [0.1, 0.15) is 6.61 Å². The lowest BCUT2D eigenvalue weighted by atomic mass is 9.98. The molecule has 0 saturated carbocycles. The van der Waals surface area contributed by atoms with Crippen LogP contribution in [0.4, 0.5) is 0 Å². The van der Waals surface area contributed by atoms with E-state index in [0.29, 0.717) is 30.8 Å². The summed E-state index contributed by atoms with van der Waals surface area (Å²) in [6, 6.07) is 14.7. The first-order valence-corrected chi connectivity index (χ1v) is 12.1. The highest BCUT2D eigenvalue weighted by molar-refractivity contribution is 7.89. The lowest BCUT2D eigenvalue weighted by molar-refractivity contribution is -0.151. The molecule has 1 saturated heterocycles. The number of rotatable bonds is 6. The lowest BCUT2D eigenvalue weighted by Gasteiger charge is -2.30. The van der Waals surface area contributed by atoms with Gasteiger partial charge in [0.2, 0.25) is 10.0 Å². The SMILES string of the molecule is Cc1ccc(S(=O)(=O)N2CCC(C(=O)OCc3ccc(-n4cccn4)cc3)CC2)cc1C. The molecule has 0 aliphatic carbocycles. The largest absolute Gasteiger partial charge is 0.461 e. The van der Waals surface area contributed by atoms with Crippen LogP contribution >= 0.6 is 0 Å². The zero-order valence-corrected chi connectivity index (χ0v) is 19.1. The first-order valence-electron chi connectivity index (χ1n) is 10.7. The van der Waals surface area contributed by atoms with E-state index < -0.39 is 10.0 Å². The van der Waals surface area contributed by atoms with Gasteiger partial charge < -0.3 is 4.74 Å². The Morgan fingerprint density at radius 2 is 1.78 bits per heavy atom. The molecular weight excluding hydrogens is 426 g/mol. The summed E-state index contributed by atoms with van der Waals surface area (Å²) in [5.74, 6) is -0.561. The van der Waals surface area contributed by atoms with Crippen molar-refractivity contribution >= 4 is 16.0 Å².